The zero-order valence-electron chi connectivity index (χ0n) is 22.3. The molecule has 2 atom stereocenters. The van der Waals surface area contributed by atoms with E-state index in [1.54, 1.807) is 6.92 Å². The van der Waals surface area contributed by atoms with Crippen molar-refractivity contribution in [2.45, 2.75) is 77.3 Å². The fourth-order valence-corrected chi connectivity index (χ4v) is 5.39. The number of guanidine groups is 1. The predicted octanol–water partition coefficient (Wildman–Crippen LogP) is 2.50. The average Bonchev–Trinajstić information content (AvgIpc) is 3.26. The largest absolute Gasteiger partial charge is 0.448 e. The summed E-state index contributed by atoms with van der Waals surface area (Å²) in [4.78, 5) is 34.1. The minimum atomic E-state index is -0.903. The summed E-state index contributed by atoms with van der Waals surface area (Å²) in [5, 5.41) is 16.4. The Morgan fingerprint density at radius 2 is 1.92 bits per heavy atom. The fourth-order valence-electron chi connectivity index (χ4n) is 5.39. The van der Waals surface area contributed by atoms with Crippen molar-refractivity contribution in [3.63, 3.8) is 0 Å². The Labute approximate surface area is 215 Å². The monoisotopic (exact) mass is 504 g/mol. The van der Waals surface area contributed by atoms with Gasteiger partial charge in [0.2, 0.25) is 11.9 Å². The van der Waals surface area contributed by atoms with Crippen LogP contribution in [0, 0.1) is 23.2 Å². The number of carbonyl (C=O) groups excluding carboxylic acids is 2. The summed E-state index contributed by atoms with van der Waals surface area (Å²) >= 11 is 0. The molecule has 0 aromatic rings. The van der Waals surface area contributed by atoms with Gasteiger partial charge in [0.15, 0.2) is 0 Å². The zero-order chi connectivity index (χ0) is 26.0. The van der Waals surface area contributed by atoms with E-state index in [4.69, 9.17) is 9.47 Å². The van der Waals surface area contributed by atoms with E-state index in [2.05, 4.69) is 26.6 Å². The molecule has 10 nitrogen and oxygen atoms in total. The number of amides is 2. The molecule has 0 bridgehead atoms. The SMILES string of the molecule is CCOC(=O)/N=C(\NC(CC(C)C)C(=O)NC1(C#N)CCN(CC2CCCCC2)C1)N1CCOCC1. The van der Waals surface area contributed by atoms with Gasteiger partial charge in [0.05, 0.1) is 25.9 Å². The highest BCUT2D eigenvalue weighted by Gasteiger charge is 2.41. The molecule has 202 valence electrons. The first-order valence-corrected chi connectivity index (χ1v) is 13.6. The number of rotatable bonds is 8. The van der Waals surface area contributed by atoms with Crippen molar-refractivity contribution in [3.05, 3.63) is 0 Å². The van der Waals surface area contributed by atoms with Crippen molar-refractivity contribution in [1.82, 2.24) is 20.4 Å². The third kappa shape index (κ3) is 8.34. The standard InChI is InChI=1S/C26H44N6O4/c1-4-36-25(34)29-24(32-12-14-35-15-13-32)28-22(16-20(2)3)23(33)30-26(18-27)10-11-31(19-26)17-21-8-6-5-7-9-21/h20-22H,4-17,19H2,1-3H3,(H,30,33)(H,28,29,34). The van der Waals surface area contributed by atoms with Crippen molar-refractivity contribution >= 4 is 18.0 Å². The molecule has 2 unspecified atom stereocenters. The Hall–Kier alpha value is -2.38. The van der Waals surface area contributed by atoms with Crippen LogP contribution in [0.25, 0.3) is 0 Å². The van der Waals surface area contributed by atoms with Crippen LogP contribution in [0.3, 0.4) is 0 Å². The molecule has 3 rings (SSSR count). The van der Waals surface area contributed by atoms with E-state index in [1.807, 2.05) is 18.7 Å². The predicted molar refractivity (Wildman–Crippen MR) is 137 cm³/mol. The molecule has 36 heavy (non-hydrogen) atoms. The summed E-state index contributed by atoms with van der Waals surface area (Å²) in [6, 6.07) is 1.78. The van der Waals surface area contributed by atoms with Gasteiger partial charge in [-0.25, -0.2) is 4.79 Å². The van der Waals surface area contributed by atoms with Crippen LogP contribution in [0.5, 0.6) is 0 Å². The summed E-state index contributed by atoms with van der Waals surface area (Å²) < 4.78 is 10.5. The first kappa shape index (κ1) is 28.2. The highest BCUT2D eigenvalue weighted by Crippen LogP contribution is 2.28. The Kier molecular flexibility index (Phi) is 10.8. The molecular formula is C26H44N6O4. The van der Waals surface area contributed by atoms with E-state index >= 15 is 0 Å². The molecule has 3 fully saturated rings. The zero-order valence-corrected chi connectivity index (χ0v) is 22.3. The lowest BCUT2D eigenvalue weighted by molar-refractivity contribution is -0.124. The van der Waals surface area contributed by atoms with E-state index in [9.17, 15) is 14.9 Å². The molecule has 1 aliphatic carbocycles. The maximum atomic E-state index is 13.6. The van der Waals surface area contributed by atoms with Gasteiger partial charge in [0.25, 0.3) is 0 Å². The number of likely N-dealkylation sites (tertiary alicyclic amines) is 1. The van der Waals surface area contributed by atoms with Gasteiger partial charge in [-0.1, -0.05) is 33.1 Å². The van der Waals surface area contributed by atoms with E-state index in [0.717, 1.165) is 13.1 Å². The van der Waals surface area contributed by atoms with Gasteiger partial charge in [-0.05, 0) is 44.4 Å². The summed E-state index contributed by atoms with van der Waals surface area (Å²) in [7, 11) is 0. The first-order chi connectivity index (χ1) is 17.3. The number of carbonyl (C=O) groups is 2. The molecule has 0 radical (unpaired) electrons. The molecule has 0 aromatic carbocycles. The van der Waals surface area contributed by atoms with Crippen molar-refractivity contribution in [3.8, 4) is 6.07 Å². The fraction of sp³-hybridized carbons (Fsp3) is 0.846. The van der Waals surface area contributed by atoms with Crippen LogP contribution in [0.2, 0.25) is 0 Å². The van der Waals surface area contributed by atoms with E-state index in [-0.39, 0.29) is 18.4 Å². The molecule has 3 aliphatic rings. The van der Waals surface area contributed by atoms with Crippen molar-refractivity contribution in [2.24, 2.45) is 16.8 Å². The second-order valence-electron chi connectivity index (χ2n) is 10.7. The number of nitriles is 1. The van der Waals surface area contributed by atoms with E-state index in [0.29, 0.717) is 57.6 Å². The van der Waals surface area contributed by atoms with Gasteiger partial charge in [0, 0.05) is 32.7 Å². The minimum Gasteiger partial charge on any atom is -0.448 e. The summed E-state index contributed by atoms with van der Waals surface area (Å²) in [6.45, 7) is 10.5. The van der Waals surface area contributed by atoms with Crippen LogP contribution in [0.1, 0.15) is 65.7 Å². The van der Waals surface area contributed by atoms with E-state index < -0.39 is 17.7 Å². The lowest BCUT2D eigenvalue weighted by atomic mass is 9.89. The molecular weight excluding hydrogens is 460 g/mol. The number of hydrogen-bond acceptors (Lipinski definition) is 6. The third-order valence-electron chi connectivity index (χ3n) is 7.27. The molecule has 1 saturated carbocycles. The Bertz CT molecular complexity index is 801. The number of ether oxygens (including phenoxy) is 2. The highest BCUT2D eigenvalue weighted by atomic mass is 16.5. The normalized spacial score (nSPS) is 24.9. The van der Waals surface area contributed by atoms with Gasteiger partial charge in [-0.15, -0.1) is 4.99 Å². The van der Waals surface area contributed by atoms with Gasteiger partial charge >= 0.3 is 6.09 Å². The lowest BCUT2D eigenvalue weighted by Gasteiger charge is -2.33. The van der Waals surface area contributed by atoms with Crippen molar-refractivity contribution < 1.29 is 19.1 Å². The van der Waals surface area contributed by atoms with Crippen LogP contribution in [0.4, 0.5) is 4.79 Å². The molecule has 0 spiro atoms. The van der Waals surface area contributed by atoms with Gasteiger partial charge in [-0.2, -0.15) is 5.26 Å². The van der Waals surface area contributed by atoms with Gasteiger partial charge < -0.3 is 25.0 Å². The maximum Gasteiger partial charge on any atom is 0.436 e. The average molecular weight is 505 g/mol. The Morgan fingerprint density at radius 3 is 2.56 bits per heavy atom. The van der Waals surface area contributed by atoms with Crippen LogP contribution < -0.4 is 10.6 Å². The Morgan fingerprint density at radius 1 is 1.19 bits per heavy atom. The molecule has 2 saturated heterocycles. The number of aliphatic imine (C=N–C) groups is 1. The van der Waals surface area contributed by atoms with Gasteiger partial charge in [-0.3, -0.25) is 9.69 Å². The number of nitrogens with zero attached hydrogens (tertiary/aromatic N) is 4. The number of morpholine rings is 1. The van der Waals surface area contributed by atoms with Crippen LogP contribution >= 0.6 is 0 Å². The highest BCUT2D eigenvalue weighted by molar-refractivity contribution is 5.94. The molecule has 2 N–H and O–H groups in total. The quantitative estimate of drug-likeness (QED) is 0.382. The third-order valence-corrected chi connectivity index (χ3v) is 7.27. The van der Waals surface area contributed by atoms with Crippen molar-refractivity contribution in [2.75, 3.05) is 52.5 Å². The van der Waals surface area contributed by atoms with Crippen molar-refractivity contribution in [1.29, 1.82) is 5.26 Å². The number of nitrogens with one attached hydrogen (secondary N) is 2. The smallest absolute Gasteiger partial charge is 0.436 e. The molecule has 2 heterocycles. The second-order valence-corrected chi connectivity index (χ2v) is 10.7. The first-order valence-electron chi connectivity index (χ1n) is 13.6. The van der Waals surface area contributed by atoms with Gasteiger partial charge in [0.1, 0.15) is 11.6 Å². The van der Waals surface area contributed by atoms with Crippen LogP contribution in [-0.2, 0) is 14.3 Å². The molecule has 10 heteroatoms. The van der Waals surface area contributed by atoms with E-state index in [1.165, 1.54) is 32.1 Å². The topological polar surface area (TPSA) is 119 Å². The minimum absolute atomic E-state index is 0.214. The summed E-state index contributed by atoms with van der Waals surface area (Å²) in [5.41, 5.74) is -0.903. The summed E-state index contributed by atoms with van der Waals surface area (Å²) in [5.74, 6) is 0.976. The van der Waals surface area contributed by atoms with Crippen LogP contribution in [-0.4, -0.2) is 91.9 Å². The maximum absolute atomic E-state index is 13.6. The molecule has 2 amide bonds. The van der Waals surface area contributed by atoms with Crippen LogP contribution in [0.15, 0.2) is 4.99 Å². The second kappa shape index (κ2) is 13.8. The Balaban J connectivity index is 1.69. The summed E-state index contributed by atoms with van der Waals surface area (Å²) in [6.07, 6.45) is 6.87. The number of hydrogen-bond donors (Lipinski definition) is 2. The molecule has 0 aromatic heterocycles. The lowest BCUT2D eigenvalue weighted by Crippen LogP contribution is -2.59. The molecule has 2 aliphatic heterocycles.